The van der Waals surface area contributed by atoms with E-state index in [1.54, 1.807) is 24.8 Å². The maximum Gasteiger partial charge on any atom is 0.321 e. The molecule has 0 aromatic heterocycles. The predicted molar refractivity (Wildman–Crippen MR) is 72.0 cm³/mol. The topological polar surface area (TPSA) is 69.6 Å². The van der Waals surface area contributed by atoms with E-state index in [9.17, 15) is 14.0 Å². The summed E-state index contributed by atoms with van der Waals surface area (Å²) in [5.74, 6) is -1.62. The summed E-state index contributed by atoms with van der Waals surface area (Å²) >= 11 is 0. The van der Waals surface area contributed by atoms with Crippen LogP contribution < -0.4 is 5.32 Å². The van der Waals surface area contributed by atoms with Gasteiger partial charge in [-0.05, 0) is 30.7 Å². The van der Waals surface area contributed by atoms with Crippen molar-refractivity contribution in [3.8, 4) is 0 Å². The Morgan fingerprint density at radius 1 is 1.45 bits per heavy atom. The van der Waals surface area contributed by atoms with Gasteiger partial charge in [0.1, 0.15) is 5.82 Å². The van der Waals surface area contributed by atoms with Gasteiger partial charge in [-0.2, -0.15) is 0 Å². The molecular formula is C14H17FN2O3. The van der Waals surface area contributed by atoms with Gasteiger partial charge >= 0.3 is 12.0 Å². The molecule has 1 aromatic carbocycles. The monoisotopic (exact) mass is 280 g/mol. The number of amides is 2. The zero-order valence-corrected chi connectivity index (χ0v) is 11.4. The third kappa shape index (κ3) is 2.89. The van der Waals surface area contributed by atoms with Crippen LogP contribution in [0.1, 0.15) is 12.5 Å². The van der Waals surface area contributed by atoms with Crippen LogP contribution >= 0.6 is 0 Å². The first-order valence-electron chi connectivity index (χ1n) is 6.43. The number of aliphatic carboxylic acids is 1. The molecule has 0 bridgehead atoms. The standard InChI is InChI=1S/C14H17FN2O3/c1-8-5-11(3-4-12(8)15)16-14(20)17-6-10(7-17)9(2)13(18)19/h3-5,9-10H,6-7H2,1-2H3,(H,16,20)(H,18,19). The van der Waals surface area contributed by atoms with E-state index >= 15 is 0 Å². The summed E-state index contributed by atoms with van der Waals surface area (Å²) < 4.78 is 13.1. The van der Waals surface area contributed by atoms with E-state index < -0.39 is 11.9 Å². The fourth-order valence-corrected chi connectivity index (χ4v) is 2.12. The molecule has 5 nitrogen and oxygen atoms in total. The number of nitrogens with one attached hydrogen (secondary N) is 1. The van der Waals surface area contributed by atoms with Crippen molar-refractivity contribution in [2.75, 3.05) is 18.4 Å². The summed E-state index contributed by atoms with van der Waals surface area (Å²) in [6.07, 6.45) is 0. The van der Waals surface area contributed by atoms with Crippen LogP contribution in [0.15, 0.2) is 18.2 Å². The van der Waals surface area contributed by atoms with Crippen LogP contribution in [0.2, 0.25) is 0 Å². The minimum absolute atomic E-state index is 0.00629. The summed E-state index contributed by atoms with van der Waals surface area (Å²) in [4.78, 5) is 24.3. The molecule has 0 aliphatic carbocycles. The van der Waals surface area contributed by atoms with Crippen LogP contribution in [0.4, 0.5) is 14.9 Å². The Morgan fingerprint density at radius 2 is 2.10 bits per heavy atom. The molecule has 1 fully saturated rings. The molecule has 1 aromatic rings. The van der Waals surface area contributed by atoms with Crippen molar-refractivity contribution in [2.45, 2.75) is 13.8 Å². The number of rotatable bonds is 3. The van der Waals surface area contributed by atoms with E-state index in [1.807, 2.05) is 0 Å². The molecule has 1 unspecified atom stereocenters. The minimum atomic E-state index is -0.843. The quantitative estimate of drug-likeness (QED) is 0.892. The van der Waals surface area contributed by atoms with Gasteiger partial charge in [0, 0.05) is 24.7 Å². The Hall–Kier alpha value is -2.11. The Kier molecular flexibility index (Phi) is 3.92. The zero-order valence-electron chi connectivity index (χ0n) is 11.4. The lowest BCUT2D eigenvalue weighted by Crippen LogP contribution is -2.54. The first-order valence-corrected chi connectivity index (χ1v) is 6.43. The van der Waals surface area contributed by atoms with Gasteiger partial charge in [-0.15, -0.1) is 0 Å². The number of carboxylic acid groups (broad SMARTS) is 1. The summed E-state index contributed by atoms with van der Waals surface area (Å²) in [7, 11) is 0. The number of carbonyl (C=O) groups is 2. The van der Waals surface area contributed by atoms with Gasteiger partial charge in [-0.1, -0.05) is 6.92 Å². The number of nitrogens with zero attached hydrogens (tertiary/aromatic N) is 1. The van der Waals surface area contributed by atoms with Crippen LogP contribution in [0, 0.1) is 24.6 Å². The number of anilines is 1. The van der Waals surface area contributed by atoms with Gasteiger partial charge in [0.15, 0.2) is 0 Å². The third-order valence-corrected chi connectivity index (χ3v) is 3.70. The normalized spacial score (nSPS) is 16.4. The van der Waals surface area contributed by atoms with Crippen LogP contribution in [-0.2, 0) is 4.79 Å². The van der Waals surface area contributed by atoms with Crippen LogP contribution in [-0.4, -0.2) is 35.1 Å². The van der Waals surface area contributed by atoms with E-state index in [-0.39, 0.29) is 17.8 Å². The highest BCUT2D eigenvalue weighted by Gasteiger charge is 2.37. The Bertz CT molecular complexity index is 541. The first-order chi connectivity index (χ1) is 9.38. The van der Waals surface area contributed by atoms with Gasteiger partial charge in [0.25, 0.3) is 0 Å². The largest absolute Gasteiger partial charge is 0.481 e. The Morgan fingerprint density at radius 3 is 2.65 bits per heavy atom. The van der Waals surface area contributed by atoms with Gasteiger partial charge in [-0.25, -0.2) is 9.18 Å². The van der Waals surface area contributed by atoms with Crippen molar-refractivity contribution in [3.63, 3.8) is 0 Å². The van der Waals surface area contributed by atoms with E-state index in [1.165, 1.54) is 12.1 Å². The smallest absolute Gasteiger partial charge is 0.321 e. The third-order valence-electron chi connectivity index (χ3n) is 3.70. The Balaban J connectivity index is 1.88. The summed E-state index contributed by atoms with van der Waals surface area (Å²) in [6, 6.07) is 4.07. The summed E-state index contributed by atoms with van der Waals surface area (Å²) in [5.41, 5.74) is 0.993. The molecule has 0 saturated carbocycles. The molecule has 0 radical (unpaired) electrons. The maximum absolute atomic E-state index is 13.1. The summed E-state index contributed by atoms with van der Waals surface area (Å²) in [5, 5.41) is 11.6. The minimum Gasteiger partial charge on any atom is -0.481 e. The van der Waals surface area contributed by atoms with Gasteiger partial charge in [-0.3, -0.25) is 4.79 Å². The molecule has 6 heteroatoms. The second-order valence-corrected chi connectivity index (χ2v) is 5.19. The fourth-order valence-electron chi connectivity index (χ4n) is 2.12. The number of halogens is 1. The van der Waals surface area contributed by atoms with Crippen molar-refractivity contribution >= 4 is 17.7 Å². The van der Waals surface area contributed by atoms with Crippen molar-refractivity contribution in [1.82, 2.24) is 4.90 Å². The zero-order chi connectivity index (χ0) is 14.9. The SMILES string of the molecule is Cc1cc(NC(=O)N2CC(C(C)C(=O)O)C2)ccc1F. The second kappa shape index (κ2) is 5.48. The van der Waals surface area contributed by atoms with Crippen molar-refractivity contribution in [3.05, 3.63) is 29.6 Å². The molecule has 20 heavy (non-hydrogen) atoms. The number of hydrogen-bond donors (Lipinski definition) is 2. The van der Waals surface area contributed by atoms with E-state index in [2.05, 4.69) is 5.32 Å². The molecule has 1 saturated heterocycles. The van der Waals surface area contributed by atoms with Crippen LogP contribution in [0.25, 0.3) is 0 Å². The fraction of sp³-hybridized carbons (Fsp3) is 0.429. The number of carboxylic acids is 1. The van der Waals surface area contributed by atoms with Crippen LogP contribution in [0.3, 0.4) is 0 Å². The van der Waals surface area contributed by atoms with Crippen molar-refractivity contribution < 1.29 is 19.1 Å². The van der Waals surface area contributed by atoms with Crippen molar-refractivity contribution in [1.29, 1.82) is 0 Å². The van der Waals surface area contributed by atoms with Gasteiger partial charge in [0.05, 0.1) is 5.92 Å². The van der Waals surface area contributed by atoms with Crippen molar-refractivity contribution in [2.24, 2.45) is 11.8 Å². The number of urea groups is 1. The van der Waals surface area contributed by atoms with E-state index in [0.717, 1.165) is 0 Å². The number of aryl methyl sites for hydroxylation is 1. The number of benzene rings is 1. The lowest BCUT2D eigenvalue weighted by atomic mass is 9.87. The molecule has 0 spiro atoms. The van der Waals surface area contributed by atoms with Gasteiger partial charge in [0.2, 0.25) is 0 Å². The molecular weight excluding hydrogens is 263 g/mol. The molecule has 1 atom stereocenters. The highest BCUT2D eigenvalue weighted by molar-refractivity contribution is 5.90. The molecule has 1 heterocycles. The Labute approximate surface area is 116 Å². The molecule has 1 aliphatic rings. The number of hydrogen-bond acceptors (Lipinski definition) is 2. The number of carbonyl (C=O) groups excluding carboxylic acids is 1. The predicted octanol–water partition coefficient (Wildman–Crippen LogP) is 2.32. The highest BCUT2D eigenvalue weighted by atomic mass is 19.1. The average molecular weight is 280 g/mol. The van der Waals surface area contributed by atoms with Gasteiger partial charge < -0.3 is 15.3 Å². The molecule has 2 N–H and O–H groups in total. The molecule has 2 amide bonds. The summed E-state index contributed by atoms with van der Waals surface area (Å²) in [6.45, 7) is 4.13. The van der Waals surface area contributed by atoms with Crippen LogP contribution in [0.5, 0.6) is 0 Å². The molecule has 1 aliphatic heterocycles. The first kappa shape index (κ1) is 14.3. The molecule has 108 valence electrons. The maximum atomic E-state index is 13.1. The second-order valence-electron chi connectivity index (χ2n) is 5.19. The lowest BCUT2D eigenvalue weighted by molar-refractivity contribution is -0.144. The average Bonchev–Trinajstić information content (AvgIpc) is 2.31. The van der Waals surface area contributed by atoms with E-state index in [0.29, 0.717) is 24.3 Å². The highest BCUT2D eigenvalue weighted by Crippen LogP contribution is 2.25. The lowest BCUT2D eigenvalue weighted by Gasteiger charge is -2.41. The number of likely N-dealkylation sites (tertiary alicyclic amines) is 1. The molecule has 2 rings (SSSR count). The van der Waals surface area contributed by atoms with E-state index in [4.69, 9.17) is 5.11 Å².